The van der Waals surface area contributed by atoms with Gasteiger partial charge in [-0.3, -0.25) is 4.79 Å². The molecular formula is C19H19FN4OS. The van der Waals surface area contributed by atoms with E-state index < -0.39 is 5.82 Å². The van der Waals surface area contributed by atoms with Crippen LogP contribution in [-0.2, 0) is 12.8 Å². The molecule has 26 heavy (non-hydrogen) atoms. The van der Waals surface area contributed by atoms with Gasteiger partial charge in [-0.15, -0.1) is 11.3 Å². The number of carbonyl (C=O) groups is 1. The van der Waals surface area contributed by atoms with Gasteiger partial charge in [-0.1, -0.05) is 6.07 Å². The number of rotatable bonds is 5. The Morgan fingerprint density at radius 2 is 2.08 bits per heavy atom. The lowest BCUT2D eigenvalue weighted by Crippen LogP contribution is -2.29. The zero-order valence-electron chi connectivity index (χ0n) is 14.2. The monoisotopic (exact) mass is 370 g/mol. The molecule has 0 aliphatic heterocycles. The number of anilines is 1. The number of halogens is 1. The van der Waals surface area contributed by atoms with Crippen LogP contribution in [0.1, 0.15) is 33.6 Å². The molecule has 4 rings (SSSR count). The Kier molecular flexibility index (Phi) is 4.79. The highest BCUT2D eigenvalue weighted by Gasteiger charge is 2.19. The van der Waals surface area contributed by atoms with Crippen LogP contribution in [0.25, 0.3) is 10.2 Å². The van der Waals surface area contributed by atoms with Crippen molar-refractivity contribution in [3.8, 4) is 0 Å². The zero-order chi connectivity index (χ0) is 17.9. The van der Waals surface area contributed by atoms with Crippen molar-refractivity contribution in [2.24, 2.45) is 0 Å². The summed E-state index contributed by atoms with van der Waals surface area (Å²) in [7, 11) is 0. The van der Waals surface area contributed by atoms with Gasteiger partial charge in [0.2, 0.25) is 0 Å². The third kappa shape index (κ3) is 3.39. The fraction of sp³-hybridized carbons (Fsp3) is 0.316. The first-order chi connectivity index (χ1) is 12.7. The number of benzene rings is 1. The molecule has 134 valence electrons. The van der Waals surface area contributed by atoms with Crippen molar-refractivity contribution in [1.29, 1.82) is 0 Å². The van der Waals surface area contributed by atoms with Crippen LogP contribution in [0.4, 0.5) is 10.2 Å². The van der Waals surface area contributed by atoms with Gasteiger partial charge in [-0.25, -0.2) is 14.4 Å². The van der Waals surface area contributed by atoms with E-state index in [0.717, 1.165) is 28.9 Å². The fourth-order valence-electron chi connectivity index (χ4n) is 3.31. The normalized spacial score (nSPS) is 13.4. The van der Waals surface area contributed by atoms with E-state index in [-0.39, 0.29) is 5.91 Å². The standard InChI is InChI=1S/C19H19FN4OS/c20-13-5-3-4-12(10-13)18(25)22-9-8-21-17-16-14-6-1-2-7-15(14)26-19(16)24-11-23-17/h3-5,10-11H,1-2,6-9H2,(H,22,25)(H,21,23,24). The molecule has 0 unspecified atom stereocenters. The number of fused-ring (bicyclic) bond motifs is 3. The van der Waals surface area contributed by atoms with Gasteiger partial charge in [0.05, 0.1) is 5.39 Å². The molecule has 5 nitrogen and oxygen atoms in total. The van der Waals surface area contributed by atoms with Gasteiger partial charge < -0.3 is 10.6 Å². The summed E-state index contributed by atoms with van der Waals surface area (Å²) in [6.45, 7) is 0.963. The summed E-state index contributed by atoms with van der Waals surface area (Å²) >= 11 is 1.76. The van der Waals surface area contributed by atoms with Gasteiger partial charge in [0, 0.05) is 23.5 Å². The maximum atomic E-state index is 13.2. The number of aryl methyl sites for hydroxylation is 2. The lowest BCUT2D eigenvalue weighted by molar-refractivity contribution is 0.0954. The minimum absolute atomic E-state index is 0.285. The SMILES string of the molecule is O=C(NCCNc1ncnc2sc3c(c12)CCCC3)c1cccc(F)c1. The Bertz CT molecular complexity index is 956. The highest BCUT2D eigenvalue weighted by Crippen LogP contribution is 2.37. The average molecular weight is 370 g/mol. The van der Waals surface area contributed by atoms with E-state index in [0.29, 0.717) is 18.7 Å². The van der Waals surface area contributed by atoms with E-state index in [9.17, 15) is 9.18 Å². The van der Waals surface area contributed by atoms with Gasteiger partial charge >= 0.3 is 0 Å². The van der Waals surface area contributed by atoms with E-state index in [2.05, 4.69) is 20.6 Å². The van der Waals surface area contributed by atoms with Crippen LogP contribution >= 0.6 is 11.3 Å². The third-order valence-corrected chi connectivity index (χ3v) is 5.74. The van der Waals surface area contributed by atoms with Crippen LogP contribution in [0.3, 0.4) is 0 Å². The fourth-order valence-corrected chi connectivity index (χ4v) is 4.54. The van der Waals surface area contributed by atoms with E-state index >= 15 is 0 Å². The number of hydrogen-bond acceptors (Lipinski definition) is 5. The smallest absolute Gasteiger partial charge is 0.251 e. The van der Waals surface area contributed by atoms with E-state index in [4.69, 9.17) is 0 Å². The topological polar surface area (TPSA) is 66.9 Å². The van der Waals surface area contributed by atoms with Crippen molar-refractivity contribution in [3.63, 3.8) is 0 Å². The Labute approximate surface area is 154 Å². The predicted molar refractivity (Wildman–Crippen MR) is 101 cm³/mol. The first kappa shape index (κ1) is 16.9. The summed E-state index contributed by atoms with van der Waals surface area (Å²) in [4.78, 5) is 23.3. The third-order valence-electron chi connectivity index (χ3n) is 4.54. The van der Waals surface area contributed by atoms with Crippen molar-refractivity contribution < 1.29 is 9.18 Å². The van der Waals surface area contributed by atoms with Crippen LogP contribution in [0, 0.1) is 5.82 Å². The molecule has 0 saturated heterocycles. The first-order valence-corrected chi connectivity index (χ1v) is 9.57. The second-order valence-corrected chi connectivity index (χ2v) is 7.39. The zero-order valence-corrected chi connectivity index (χ0v) is 15.0. The molecule has 0 bridgehead atoms. The molecule has 1 aliphatic rings. The number of nitrogens with zero attached hydrogens (tertiary/aromatic N) is 2. The number of nitrogens with one attached hydrogen (secondary N) is 2. The highest BCUT2D eigenvalue weighted by molar-refractivity contribution is 7.19. The molecular weight excluding hydrogens is 351 g/mol. The first-order valence-electron chi connectivity index (χ1n) is 8.75. The molecule has 2 N–H and O–H groups in total. The lowest BCUT2D eigenvalue weighted by Gasteiger charge is -2.12. The number of carbonyl (C=O) groups excluding carboxylic acids is 1. The average Bonchev–Trinajstić information content (AvgIpc) is 3.04. The van der Waals surface area contributed by atoms with Crippen molar-refractivity contribution in [1.82, 2.24) is 15.3 Å². The number of amides is 1. The van der Waals surface area contributed by atoms with E-state index in [1.165, 1.54) is 41.5 Å². The van der Waals surface area contributed by atoms with Crippen molar-refractivity contribution in [2.45, 2.75) is 25.7 Å². The van der Waals surface area contributed by atoms with Crippen LogP contribution in [0.15, 0.2) is 30.6 Å². The van der Waals surface area contributed by atoms with Gasteiger partial charge in [0.25, 0.3) is 5.91 Å². The second-order valence-electron chi connectivity index (χ2n) is 6.31. The van der Waals surface area contributed by atoms with Gasteiger partial charge in [-0.05, 0) is 49.4 Å². The molecule has 2 aromatic heterocycles. The molecule has 1 aliphatic carbocycles. The molecule has 0 radical (unpaired) electrons. The van der Waals surface area contributed by atoms with Crippen LogP contribution in [0.5, 0.6) is 0 Å². The molecule has 3 aromatic rings. The summed E-state index contributed by atoms with van der Waals surface area (Å²) in [5.74, 6) is 0.128. The van der Waals surface area contributed by atoms with Gasteiger partial charge in [-0.2, -0.15) is 0 Å². The van der Waals surface area contributed by atoms with E-state index in [1.54, 1.807) is 23.7 Å². The molecule has 1 aromatic carbocycles. The largest absolute Gasteiger partial charge is 0.368 e. The molecule has 1 amide bonds. The Hall–Kier alpha value is -2.54. The lowest BCUT2D eigenvalue weighted by atomic mass is 9.97. The van der Waals surface area contributed by atoms with Gasteiger partial charge in [0.15, 0.2) is 0 Å². The Balaban J connectivity index is 1.41. The van der Waals surface area contributed by atoms with Crippen LogP contribution in [0.2, 0.25) is 0 Å². The maximum absolute atomic E-state index is 13.2. The summed E-state index contributed by atoms with van der Waals surface area (Å²) in [6.07, 6.45) is 6.23. The van der Waals surface area contributed by atoms with Crippen molar-refractivity contribution >= 4 is 33.3 Å². The van der Waals surface area contributed by atoms with Crippen LogP contribution < -0.4 is 10.6 Å². The molecule has 0 atom stereocenters. The molecule has 2 heterocycles. The summed E-state index contributed by atoms with van der Waals surface area (Å²) < 4.78 is 13.2. The van der Waals surface area contributed by atoms with Crippen molar-refractivity contribution in [2.75, 3.05) is 18.4 Å². The molecule has 7 heteroatoms. The van der Waals surface area contributed by atoms with Crippen LogP contribution in [-0.4, -0.2) is 29.0 Å². The minimum atomic E-state index is -0.415. The van der Waals surface area contributed by atoms with Crippen molar-refractivity contribution in [3.05, 3.63) is 52.4 Å². The Morgan fingerprint density at radius 1 is 1.19 bits per heavy atom. The minimum Gasteiger partial charge on any atom is -0.368 e. The number of hydrogen-bond donors (Lipinski definition) is 2. The maximum Gasteiger partial charge on any atom is 0.251 e. The Morgan fingerprint density at radius 3 is 2.96 bits per heavy atom. The molecule has 0 spiro atoms. The molecule has 0 fully saturated rings. The number of aromatic nitrogens is 2. The highest BCUT2D eigenvalue weighted by atomic mass is 32.1. The van der Waals surface area contributed by atoms with E-state index in [1.807, 2.05) is 0 Å². The summed E-state index contributed by atoms with van der Waals surface area (Å²) in [5, 5.41) is 7.23. The molecule has 0 saturated carbocycles. The quantitative estimate of drug-likeness (QED) is 0.674. The summed E-state index contributed by atoms with van der Waals surface area (Å²) in [6, 6.07) is 5.67. The summed E-state index contributed by atoms with van der Waals surface area (Å²) in [5.41, 5.74) is 1.70. The number of thiophene rings is 1. The second kappa shape index (κ2) is 7.37. The predicted octanol–water partition coefficient (Wildman–Crippen LogP) is 3.55. The van der Waals surface area contributed by atoms with Gasteiger partial charge in [0.1, 0.15) is 22.8 Å².